The van der Waals surface area contributed by atoms with Crippen molar-refractivity contribution in [2.75, 3.05) is 32.0 Å². The average molecular weight is 385 g/mol. The van der Waals surface area contributed by atoms with Gasteiger partial charge in [0.25, 0.3) is 0 Å². The molecule has 5 nitrogen and oxygen atoms in total. The quantitative estimate of drug-likeness (QED) is 0.682. The van der Waals surface area contributed by atoms with E-state index in [9.17, 15) is 5.11 Å². The summed E-state index contributed by atoms with van der Waals surface area (Å²) in [7, 11) is 0. The highest BCUT2D eigenvalue weighted by atomic mass is 16.5. The highest BCUT2D eigenvalue weighted by Crippen LogP contribution is 2.36. The molecule has 2 atom stereocenters. The van der Waals surface area contributed by atoms with Gasteiger partial charge < -0.3 is 20.3 Å². The zero-order valence-corrected chi connectivity index (χ0v) is 16.9. The van der Waals surface area contributed by atoms with Crippen LogP contribution in [-0.4, -0.2) is 42.4 Å². The van der Waals surface area contributed by atoms with Crippen molar-refractivity contribution in [1.29, 1.82) is 0 Å². The van der Waals surface area contributed by atoms with Crippen LogP contribution in [-0.2, 0) is 13.0 Å². The minimum atomic E-state index is -0.296. The molecule has 152 valence electrons. The van der Waals surface area contributed by atoms with E-state index in [1.165, 1.54) is 5.56 Å². The maximum Gasteiger partial charge on any atom is 0.184 e. The van der Waals surface area contributed by atoms with Crippen LogP contribution in [0.3, 0.4) is 0 Å². The van der Waals surface area contributed by atoms with Crippen LogP contribution in [0.15, 0.2) is 42.5 Å². The molecule has 0 radical (unpaired) electrons. The topological polar surface area (TPSA) is 68.0 Å². The molecule has 0 amide bonds. The molecule has 0 bridgehead atoms. The van der Waals surface area contributed by atoms with Crippen molar-refractivity contribution in [3.8, 4) is 11.5 Å². The Balaban J connectivity index is 1.72. The molecular formula is C23H32N2O3. The van der Waals surface area contributed by atoms with E-state index in [0.29, 0.717) is 30.4 Å². The van der Waals surface area contributed by atoms with Gasteiger partial charge in [-0.15, -0.1) is 0 Å². The summed E-state index contributed by atoms with van der Waals surface area (Å²) in [5.41, 5.74) is 9.21. The van der Waals surface area contributed by atoms with E-state index < -0.39 is 0 Å². The third-order valence-electron chi connectivity index (χ3n) is 5.26. The summed E-state index contributed by atoms with van der Waals surface area (Å²) in [5, 5.41) is 10.6. The summed E-state index contributed by atoms with van der Waals surface area (Å²) in [5.74, 6) is 1.47. The van der Waals surface area contributed by atoms with Crippen molar-refractivity contribution < 1.29 is 14.6 Å². The molecule has 1 saturated heterocycles. The number of nitrogen functional groups attached to an aromatic ring is 1. The van der Waals surface area contributed by atoms with Gasteiger partial charge in [0.15, 0.2) is 11.5 Å². The van der Waals surface area contributed by atoms with Crippen molar-refractivity contribution in [2.45, 2.75) is 39.3 Å². The predicted octanol–water partition coefficient (Wildman–Crippen LogP) is 3.49. The Labute approximate surface area is 168 Å². The Bertz CT molecular complexity index is 751. The molecule has 0 aliphatic carbocycles. The molecule has 0 saturated carbocycles. The van der Waals surface area contributed by atoms with E-state index >= 15 is 0 Å². The highest BCUT2D eigenvalue weighted by Gasteiger charge is 2.28. The Kier molecular flexibility index (Phi) is 7.18. The fraction of sp³-hybridized carbons (Fsp3) is 0.478. The molecule has 1 heterocycles. The average Bonchev–Trinajstić information content (AvgIpc) is 2.68. The van der Waals surface area contributed by atoms with Gasteiger partial charge in [-0.1, -0.05) is 30.3 Å². The maximum atomic E-state index is 10.6. The molecule has 1 aliphatic rings. The molecule has 1 aliphatic heterocycles. The van der Waals surface area contributed by atoms with Gasteiger partial charge in [0.1, 0.15) is 0 Å². The molecule has 0 spiro atoms. The number of aliphatic hydroxyl groups excluding tert-OH is 1. The number of likely N-dealkylation sites (tertiary alicyclic amines) is 1. The molecule has 2 aromatic rings. The van der Waals surface area contributed by atoms with Gasteiger partial charge in [0.2, 0.25) is 0 Å². The molecular weight excluding hydrogens is 352 g/mol. The van der Waals surface area contributed by atoms with Gasteiger partial charge in [-0.2, -0.15) is 0 Å². The van der Waals surface area contributed by atoms with Crippen LogP contribution in [0.2, 0.25) is 0 Å². The maximum absolute atomic E-state index is 10.6. The smallest absolute Gasteiger partial charge is 0.184 e. The number of hydrogen-bond acceptors (Lipinski definition) is 5. The van der Waals surface area contributed by atoms with Crippen LogP contribution in [0.1, 0.15) is 31.4 Å². The lowest BCUT2D eigenvalue weighted by Gasteiger charge is -2.36. The third-order valence-corrected chi connectivity index (χ3v) is 5.26. The first-order chi connectivity index (χ1) is 13.6. The summed E-state index contributed by atoms with van der Waals surface area (Å²) in [4.78, 5) is 2.42. The number of piperidine rings is 1. The first kappa shape index (κ1) is 20.5. The number of benzene rings is 2. The van der Waals surface area contributed by atoms with Crippen molar-refractivity contribution in [2.24, 2.45) is 5.92 Å². The molecule has 3 N–H and O–H groups in total. The van der Waals surface area contributed by atoms with Gasteiger partial charge in [0.05, 0.1) is 25.0 Å². The van der Waals surface area contributed by atoms with Gasteiger partial charge >= 0.3 is 0 Å². The van der Waals surface area contributed by atoms with Crippen LogP contribution < -0.4 is 15.2 Å². The molecule has 1 fully saturated rings. The molecule has 28 heavy (non-hydrogen) atoms. The lowest BCUT2D eigenvalue weighted by molar-refractivity contribution is 0.0239. The van der Waals surface area contributed by atoms with Crippen molar-refractivity contribution in [3.63, 3.8) is 0 Å². The van der Waals surface area contributed by atoms with Crippen molar-refractivity contribution in [3.05, 3.63) is 53.6 Å². The highest BCUT2D eigenvalue weighted by molar-refractivity contribution is 5.62. The molecule has 2 aromatic carbocycles. The summed E-state index contributed by atoms with van der Waals surface area (Å²) in [6.45, 7) is 7.68. The lowest BCUT2D eigenvalue weighted by atomic mass is 9.88. The van der Waals surface area contributed by atoms with Crippen LogP contribution >= 0.6 is 0 Å². The molecule has 5 heteroatoms. The normalized spacial score (nSPS) is 20.1. The summed E-state index contributed by atoms with van der Waals surface area (Å²) >= 11 is 0. The second-order valence-corrected chi connectivity index (χ2v) is 7.42. The monoisotopic (exact) mass is 384 g/mol. The van der Waals surface area contributed by atoms with Crippen LogP contribution in [0, 0.1) is 5.92 Å². The van der Waals surface area contributed by atoms with E-state index in [2.05, 4.69) is 29.2 Å². The second kappa shape index (κ2) is 9.80. The number of ether oxygens (including phenoxy) is 2. The molecule has 2 unspecified atom stereocenters. The van der Waals surface area contributed by atoms with Gasteiger partial charge in [-0.3, -0.25) is 4.90 Å². The fourth-order valence-electron chi connectivity index (χ4n) is 3.95. The molecule has 3 rings (SSSR count). The third kappa shape index (κ3) is 5.18. The summed E-state index contributed by atoms with van der Waals surface area (Å²) in [6.07, 6.45) is 1.27. The number of aliphatic hydroxyl groups is 1. The first-order valence-electron chi connectivity index (χ1n) is 10.2. The Morgan fingerprint density at radius 1 is 1.07 bits per heavy atom. The number of nitrogens with zero attached hydrogens (tertiary/aromatic N) is 1. The number of hydrogen-bond donors (Lipinski definition) is 2. The minimum absolute atomic E-state index is 0.171. The Morgan fingerprint density at radius 3 is 2.54 bits per heavy atom. The zero-order chi connectivity index (χ0) is 19.9. The fourth-order valence-corrected chi connectivity index (χ4v) is 3.95. The summed E-state index contributed by atoms with van der Waals surface area (Å²) in [6, 6.07) is 14.5. The summed E-state index contributed by atoms with van der Waals surface area (Å²) < 4.78 is 11.4. The Hall–Kier alpha value is -2.24. The SMILES string of the molecule is CCOc1cc(CC2CN(Cc3ccccc3)CCC2O)cc(N)c1OCC. The van der Waals surface area contributed by atoms with Crippen LogP contribution in [0.25, 0.3) is 0 Å². The standard InChI is InChI=1S/C23H32N2O3/c1-3-27-22-14-18(13-20(24)23(22)28-4-2)12-19-16-25(11-10-21(19)26)15-17-8-6-5-7-9-17/h5-9,13-14,19,21,26H,3-4,10-12,15-16,24H2,1-2H3. The van der Waals surface area contributed by atoms with Gasteiger partial charge in [-0.05, 0) is 49.9 Å². The first-order valence-corrected chi connectivity index (χ1v) is 10.2. The van der Waals surface area contributed by atoms with Gasteiger partial charge in [0, 0.05) is 25.6 Å². The largest absolute Gasteiger partial charge is 0.490 e. The lowest BCUT2D eigenvalue weighted by Crippen LogP contribution is -2.43. The van der Waals surface area contributed by atoms with E-state index in [-0.39, 0.29) is 12.0 Å². The second-order valence-electron chi connectivity index (χ2n) is 7.42. The van der Waals surface area contributed by atoms with E-state index in [4.69, 9.17) is 15.2 Å². The number of anilines is 1. The van der Waals surface area contributed by atoms with Crippen molar-refractivity contribution in [1.82, 2.24) is 4.90 Å². The minimum Gasteiger partial charge on any atom is -0.490 e. The van der Waals surface area contributed by atoms with E-state index in [0.717, 1.165) is 38.0 Å². The zero-order valence-electron chi connectivity index (χ0n) is 16.9. The van der Waals surface area contributed by atoms with Crippen molar-refractivity contribution >= 4 is 5.69 Å². The van der Waals surface area contributed by atoms with Gasteiger partial charge in [-0.25, -0.2) is 0 Å². The number of rotatable bonds is 8. The Morgan fingerprint density at radius 2 is 1.82 bits per heavy atom. The predicted molar refractivity (Wildman–Crippen MR) is 113 cm³/mol. The van der Waals surface area contributed by atoms with Crippen LogP contribution in [0.4, 0.5) is 5.69 Å². The van der Waals surface area contributed by atoms with E-state index in [1.807, 2.05) is 32.0 Å². The molecule has 0 aromatic heterocycles. The van der Waals surface area contributed by atoms with Crippen LogP contribution in [0.5, 0.6) is 11.5 Å². The number of nitrogens with two attached hydrogens (primary N) is 1. The van der Waals surface area contributed by atoms with E-state index in [1.54, 1.807) is 0 Å².